The molecule has 1 fully saturated rings. The summed E-state index contributed by atoms with van der Waals surface area (Å²) in [7, 11) is 0. The summed E-state index contributed by atoms with van der Waals surface area (Å²) in [5, 5.41) is 4.77. The second-order valence-electron chi connectivity index (χ2n) is 7.54. The predicted octanol–water partition coefficient (Wildman–Crippen LogP) is 1.56. The van der Waals surface area contributed by atoms with Crippen molar-refractivity contribution >= 4 is 29.8 Å². The van der Waals surface area contributed by atoms with Gasteiger partial charge in [-0.05, 0) is 30.5 Å². The van der Waals surface area contributed by atoms with E-state index in [1.807, 2.05) is 0 Å². The SMILES string of the molecule is C=C/C=N\C(=C)C(C)(F)C(=O)NCc1ccc2c(c1)CN(C1CCC(=O)NC1=O)C2=O. The van der Waals surface area contributed by atoms with E-state index in [0.29, 0.717) is 16.7 Å². The summed E-state index contributed by atoms with van der Waals surface area (Å²) in [5.74, 6) is -2.00. The van der Waals surface area contributed by atoms with Crippen LogP contribution in [-0.2, 0) is 27.5 Å². The van der Waals surface area contributed by atoms with Gasteiger partial charge in [-0.3, -0.25) is 29.5 Å². The zero-order valence-corrected chi connectivity index (χ0v) is 17.1. The topological polar surface area (TPSA) is 108 Å². The van der Waals surface area contributed by atoms with Crippen molar-refractivity contribution in [1.29, 1.82) is 0 Å². The van der Waals surface area contributed by atoms with Crippen molar-refractivity contribution in [3.63, 3.8) is 0 Å². The second-order valence-corrected chi connectivity index (χ2v) is 7.54. The van der Waals surface area contributed by atoms with E-state index in [1.54, 1.807) is 18.2 Å². The highest BCUT2D eigenvalue weighted by Crippen LogP contribution is 2.28. The molecule has 0 radical (unpaired) electrons. The molecule has 4 amide bonds. The fraction of sp³-hybridized carbons (Fsp3) is 0.318. The number of nitrogens with zero attached hydrogens (tertiary/aromatic N) is 2. The van der Waals surface area contributed by atoms with Crippen molar-refractivity contribution in [2.24, 2.45) is 4.99 Å². The fourth-order valence-corrected chi connectivity index (χ4v) is 3.48. The standard InChI is InChI=1S/C22H23FN4O4/c1-4-9-24-13(2)22(3,23)21(31)25-11-14-5-6-16-15(10-14)12-27(20(16)30)17-7-8-18(28)26-19(17)29/h4-6,9-10,17H,1-2,7-8,11-12H2,3H3,(H,25,31)(H,26,28,29)/b24-9-. The molecular formula is C22H23FN4O4. The molecule has 2 aliphatic rings. The van der Waals surface area contributed by atoms with Crippen molar-refractivity contribution in [2.45, 2.75) is 44.6 Å². The van der Waals surface area contributed by atoms with E-state index < -0.39 is 23.5 Å². The van der Waals surface area contributed by atoms with Crippen molar-refractivity contribution in [2.75, 3.05) is 0 Å². The van der Waals surface area contributed by atoms with Crippen LogP contribution < -0.4 is 10.6 Å². The van der Waals surface area contributed by atoms with Crippen LogP contribution in [0.1, 0.15) is 41.3 Å². The Hall–Kier alpha value is -3.62. The molecule has 8 nitrogen and oxygen atoms in total. The van der Waals surface area contributed by atoms with Gasteiger partial charge in [0.2, 0.25) is 17.5 Å². The van der Waals surface area contributed by atoms with Gasteiger partial charge < -0.3 is 10.2 Å². The first-order chi connectivity index (χ1) is 14.6. The highest BCUT2D eigenvalue weighted by molar-refractivity contribution is 6.05. The Labute approximate surface area is 178 Å². The van der Waals surface area contributed by atoms with E-state index >= 15 is 0 Å². The Bertz CT molecular complexity index is 1010. The van der Waals surface area contributed by atoms with Crippen LogP contribution in [0, 0.1) is 0 Å². The summed E-state index contributed by atoms with van der Waals surface area (Å²) in [6.45, 7) is 8.25. The second kappa shape index (κ2) is 8.63. The van der Waals surface area contributed by atoms with Crippen LogP contribution in [0.5, 0.6) is 0 Å². The first-order valence-electron chi connectivity index (χ1n) is 9.73. The number of nitrogens with one attached hydrogen (secondary N) is 2. The van der Waals surface area contributed by atoms with Crippen LogP contribution in [0.4, 0.5) is 4.39 Å². The van der Waals surface area contributed by atoms with Gasteiger partial charge in [-0.1, -0.05) is 31.4 Å². The molecule has 0 bridgehead atoms. The van der Waals surface area contributed by atoms with Gasteiger partial charge in [-0.2, -0.15) is 0 Å². The minimum atomic E-state index is -2.39. The van der Waals surface area contributed by atoms with Crippen LogP contribution in [0.3, 0.4) is 0 Å². The number of fused-ring (bicyclic) bond motifs is 1. The average molecular weight is 426 g/mol. The quantitative estimate of drug-likeness (QED) is 0.510. The summed E-state index contributed by atoms with van der Waals surface area (Å²) in [6, 6.07) is 4.31. The van der Waals surface area contributed by atoms with Crippen molar-refractivity contribution < 1.29 is 23.6 Å². The fourth-order valence-electron chi connectivity index (χ4n) is 3.48. The molecule has 162 valence electrons. The molecule has 2 heterocycles. The maximum atomic E-state index is 14.7. The van der Waals surface area contributed by atoms with E-state index in [2.05, 4.69) is 28.8 Å². The molecule has 31 heavy (non-hydrogen) atoms. The summed E-state index contributed by atoms with van der Waals surface area (Å²) in [5.41, 5.74) is -0.813. The largest absolute Gasteiger partial charge is 0.349 e. The lowest BCUT2D eigenvalue weighted by molar-refractivity contribution is -0.137. The number of imide groups is 1. The number of aliphatic imine (C=N–C) groups is 1. The third kappa shape index (κ3) is 4.45. The lowest BCUT2D eigenvalue weighted by Gasteiger charge is -2.29. The molecule has 1 aromatic rings. The van der Waals surface area contributed by atoms with Crippen LogP contribution in [0.15, 0.2) is 48.1 Å². The molecule has 0 aliphatic carbocycles. The lowest BCUT2D eigenvalue weighted by atomic mass is 10.0. The van der Waals surface area contributed by atoms with Gasteiger partial charge in [0.25, 0.3) is 11.8 Å². The van der Waals surface area contributed by atoms with E-state index in [0.717, 1.165) is 6.92 Å². The Balaban J connectivity index is 1.67. The number of alkyl halides is 1. The monoisotopic (exact) mass is 426 g/mol. The van der Waals surface area contributed by atoms with Gasteiger partial charge in [-0.25, -0.2) is 4.39 Å². The summed E-state index contributed by atoms with van der Waals surface area (Å²) in [6.07, 6.45) is 3.06. The maximum Gasteiger partial charge on any atom is 0.263 e. The van der Waals surface area contributed by atoms with Gasteiger partial charge in [0.1, 0.15) is 6.04 Å². The summed E-state index contributed by atoms with van der Waals surface area (Å²) in [4.78, 5) is 53.6. The van der Waals surface area contributed by atoms with Crippen LogP contribution >= 0.6 is 0 Å². The third-order valence-electron chi connectivity index (χ3n) is 5.35. The zero-order chi connectivity index (χ0) is 22.8. The van der Waals surface area contributed by atoms with Gasteiger partial charge in [0.15, 0.2) is 0 Å². The van der Waals surface area contributed by atoms with Gasteiger partial charge in [0.05, 0.1) is 5.70 Å². The molecule has 2 N–H and O–H groups in total. The number of piperidine rings is 1. The first-order valence-corrected chi connectivity index (χ1v) is 9.73. The molecule has 0 aromatic heterocycles. The molecule has 2 atom stereocenters. The minimum absolute atomic E-state index is 0.0384. The molecular weight excluding hydrogens is 403 g/mol. The molecule has 1 saturated heterocycles. The Morgan fingerprint density at radius 3 is 2.84 bits per heavy atom. The Kier molecular flexibility index (Phi) is 6.14. The highest BCUT2D eigenvalue weighted by Gasteiger charge is 2.39. The number of benzene rings is 1. The number of rotatable bonds is 7. The van der Waals surface area contributed by atoms with Crippen molar-refractivity contribution in [1.82, 2.24) is 15.5 Å². The van der Waals surface area contributed by atoms with Gasteiger partial charge >= 0.3 is 0 Å². The van der Waals surface area contributed by atoms with Crippen LogP contribution in [0.25, 0.3) is 0 Å². The van der Waals surface area contributed by atoms with E-state index in [-0.39, 0.29) is 43.4 Å². The number of hydrogen-bond acceptors (Lipinski definition) is 5. The van der Waals surface area contributed by atoms with Crippen molar-refractivity contribution in [3.8, 4) is 0 Å². The number of amides is 4. The molecule has 2 aliphatic heterocycles. The van der Waals surface area contributed by atoms with Gasteiger partial charge in [-0.15, -0.1) is 0 Å². The number of halogens is 1. The number of allylic oxidation sites excluding steroid dienone is 1. The minimum Gasteiger partial charge on any atom is -0.349 e. The molecule has 0 saturated carbocycles. The first kappa shape index (κ1) is 22.1. The highest BCUT2D eigenvalue weighted by atomic mass is 19.1. The molecule has 2 unspecified atom stereocenters. The van der Waals surface area contributed by atoms with Gasteiger partial charge in [0, 0.05) is 31.3 Å². The summed E-state index contributed by atoms with van der Waals surface area (Å²) < 4.78 is 14.7. The van der Waals surface area contributed by atoms with Crippen LogP contribution in [-0.4, -0.2) is 46.5 Å². The number of carbonyl (C=O) groups excluding carboxylic acids is 4. The van der Waals surface area contributed by atoms with E-state index in [4.69, 9.17) is 0 Å². The zero-order valence-electron chi connectivity index (χ0n) is 17.1. The lowest BCUT2D eigenvalue weighted by Crippen LogP contribution is -2.52. The maximum absolute atomic E-state index is 14.7. The average Bonchev–Trinajstić information content (AvgIpc) is 3.05. The molecule has 1 aromatic carbocycles. The number of hydrogen-bond donors (Lipinski definition) is 2. The van der Waals surface area contributed by atoms with E-state index in [9.17, 15) is 23.6 Å². The normalized spacial score (nSPS) is 20.3. The third-order valence-corrected chi connectivity index (χ3v) is 5.35. The molecule has 9 heteroatoms. The smallest absolute Gasteiger partial charge is 0.263 e. The predicted molar refractivity (Wildman–Crippen MR) is 112 cm³/mol. The molecule has 3 rings (SSSR count). The van der Waals surface area contributed by atoms with Crippen molar-refractivity contribution in [3.05, 3.63) is 59.8 Å². The summed E-state index contributed by atoms with van der Waals surface area (Å²) >= 11 is 0. The molecule has 0 spiro atoms. The van der Waals surface area contributed by atoms with Crippen LogP contribution in [0.2, 0.25) is 0 Å². The van der Waals surface area contributed by atoms with E-state index in [1.165, 1.54) is 17.2 Å². The Morgan fingerprint density at radius 1 is 1.42 bits per heavy atom. The Morgan fingerprint density at radius 2 is 2.16 bits per heavy atom. The number of carbonyl (C=O) groups is 4.